The monoisotopic (exact) mass is 168 g/mol. The van der Waals surface area contributed by atoms with E-state index in [1.807, 2.05) is 25.8 Å². The van der Waals surface area contributed by atoms with E-state index in [0.717, 1.165) is 5.70 Å². The molecule has 0 aromatic heterocycles. The van der Waals surface area contributed by atoms with Gasteiger partial charge in [0.15, 0.2) is 0 Å². The largest absolute Gasteiger partial charge is 0.365 e. The van der Waals surface area contributed by atoms with Crippen LogP contribution >= 0.6 is 0 Å². The van der Waals surface area contributed by atoms with Gasteiger partial charge in [0.1, 0.15) is 6.04 Å². The van der Waals surface area contributed by atoms with Crippen LogP contribution < -0.4 is 0 Å². The Kier molecular flexibility index (Phi) is 2.17. The molecule has 0 aromatic carbocycles. The Hall–Kier alpha value is -1.32. The fourth-order valence-electron chi connectivity index (χ4n) is 1.18. The Balaban J connectivity index is 2.97. The zero-order valence-electron chi connectivity index (χ0n) is 7.44. The molecule has 1 aliphatic rings. The van der Waals surface area contributed by atoms with Crippen molar-refractivity contribution in [1.82, 2.24) is 4.90 Å². The van der Waals surface area contributed by atoms with E-state index in [9.17, 15) is 10.1 Å². The van der Waals surface area contributed by atoms with Gasteiger partial charge in [0.25, 0.3) is 5.70 Å². The van der Waals surface area contributed by atoms with Crippen LogP contribution in [0.4, 0.5) is 0 Å². The van der Waals surface area contributed by atoms with Gasteiger partial charge in [0, 0.05) is 18.8 Å². The summed E-state index contributed by atoms with van der Waals surface area (Å²) in [6.07, 6.45) is 3.33. The normalized spacial score (nSPS) is 23.2. The van der Waals surface area contributed by atoms with Crippen molar-refractivity contribution in [1.29, 1.82) is 0 Å². The first-order valence-electron chi connectivity index (χ1n) is 3.79. The molecule has 0 radical (unpaired) electrons. The standard InChI is InChI=1S/C8H12N2O2/c1-6-4-5-8(10(11)12)7(2)9(6)3/h4-5,7H,1-3H3. The second-order valence-electron chi connectivity index (χ2n) is 2.94. The molecule has 0 bridgehead atoms. The molecule has 0 aliphatic carbocycles. The summed E-state index contributed by atoms with van der Waals surface area (Å²) in [6.45, 7) is 3.76. The first-order valence-corrected chi connectivity index (χ1v) is 3.79. The Morgan fingerprint density at radius 2 is 2.17 bits per heavy atom. The first kappa shape index (κ1) is 8.77. The molecular weight excluding hydrogens is 156 g/mol. The van der Waals surface area contributed by atoms with Gasteiger partial charge in [0.05, 0.1) is 4.92 Å². The lowest BCUT2D eigenvalue weighted by Crippen LogP contribution is -2.33. The molecule has 4 heteroatoms. The van der Waals surface area contributed by atoms with Crippen LogP contribution in [-0.2, 0) is 0 Å². The van der Waals surface area contributed by atoms with E-state index in [2.05, 4.69) is 0 Å². The van der Waals surface area contributed by atoms with Gasteiger partial charge in [-0.1, -0.05) is 0 Å². The number of likely N-dealkylation sites (N-methyl/N-ethyl adjacent to an activating group) is 1. The van der Waals surface area contributed by atoms with E-state index in [1.54, 1.807) is 12.2 Å². The van der Waals surface area contributed by atoms with Crippen molar-refractivity contribution in [3.8, 4) is 0 Å². The smallest absolute Gasteiger partial charge is 0.268 e. The van der Waals surface area contributed by atoms with Gasteiger partial charge >= 0.3 is 0 Å². The summed E-state index contributed by atoms with van der Waals surface area (Å²) in [4.78, 5) is 12.1. The first-order chi connectivity index (χ1) is 5.54. The molecule has 0 saturated carbocycles. The summed E-state index contributed by atoms with van der Waals surface area (Å²) in [6, 6.07) is -0.134. The Labute approximate surface area is 71.3 Å². The lowest BCUT2D eigenvalue weighted by Gasteiger charge is -2.27. The van der Waals surface area contributed by atoms with Gasteiger partial charge in [-0.15, -0.1) is 0 Å². The second kappa shape index (κ2) is 2.97. The number of nitrogens with zero attached hydrogens (tertiary/aromatic N) is 2. The molecule has 4 nitrogen and oxygen atoms in total. The molecule has 0 spiro atoms. The fraction of sp³-hybridized carbons (Fsp3) is 0.500. The molecule has 1 heterocycles. The van der Waals surface area contributed by atoms with Crippen LogP contribution in [0.15, 0.2) is 23.5 Å². The lowest BCUT2D eigenvalue weighted by atomic mass is 10.1. The van der Waals surface area contributed by atoms with Crippen molar-refractivity contribution in [3.63, 3.8) is 0 Å². The summed E-state index contributed by atoms with van der Waals surface area (Å²) in [7, 11) is 1.85. The maximum absolute atomic E-state index is 10.5. The summed E-state index contributed by atoms with van der Waals surface area (Å²) in [5, 5.41) is 10.5. The highest BCUT2D eigenvalue weighted by Gasteiger charge is 2.26. The number of hydrogen-bond acceptors (Lipinski definition) is 3. The van der Waals surface area contributed by atoms with Crippen LogP contribution in [0.25, 0.3) is 0 Å². The van der Waals surface area contributed by atoms with Crippen molar-refractivity contribution < 1.29 is 4.92 Å². The molecule has 12 heavy (non-hydrogen) atoms. The zero-order valence-corrected chi connectivity index (χ0v) is 7.44. The van der Waals surface area contributed by atoms with Gasteiger partial charge in [-0.2, -0.15) is 0 Å². The molecule has 0 amide bonds. The predicted octanol–water partition coefficient (Wildman–Crippen LogP) is 1.38. The lowest BCUT2D eigenvalue weighted by molar-refractivity contribution is -0.432. The molecule has 0 N–H and O–H groups in total. The molecule has 66 valence electrons. The molecule has 1 atom stereocenters. The van der Waals surface area contributed by atoms with Crippen LogP contribution in [0.2, 0.25) is 0 Å². The minimum Gasteiger partial charge on any atom is -0.365 e. The van der Waals surface area contributed by atoms with Crippen LogP contribution in [-0.4, -0.2) is 22.9 Å². The summed E-state index contributed by atoms with van der Waals surface area (Å²) >= 11 is 0. The quantitative estimate of drug-likeness (QED) is 0.439. The molecule has 1 aliphatic heterocycles. The van der Waals surface area contributed by atoms with E-state index >= 15 is 0 Å². The summed E-state index contributed by atoms with van der Waals surface area (Å²) in [5.41, 5.74) is 1.30. The van der Waals surface area contributed by atoms with Gasteiger partial charge in [-0.3, -0.25) is 10.1 Å². The highest BCUT2D eigenvalue weighted by molar-refractivity contribution is 5.22. The maximum Gasteiger partial charge on any atom is 0.268 e. The van der Waals surface area contributed by atoms with Gasteiger partial charge < -0.3 is 4.90 Å². The number of allylic oxidation sites excluding steroid dienone is 3. The van der Waals surface area contributed by atoms with Crippen molar-refractivity contribution in [2.75, 3.05) is 7.05 Å². The minimum absolute atomic E-state index is 0.134. The Morgan fingerprint density at radius 3 is 2.67 bits per heavy atom. The molecule has 1 unspecified atom stereocenters. The third-order valence-electron chi connectivity index (χ3n) is 2.27. The summed E-state index contributed by atoms with van der Waals surface area (Å²) in [5.74, 6) is 0. The third kappa shape index (κ3) is 1.32. The highest BCUT2D eigenvalue weighted by Crippen LogP contribution is 2.19. The van der Waals surface area contributed by atoms with E-state index in [1.165, 1.54) is 0 Å². The average Bonchev–Trinajstić information content (AvgIpc) is 2.00. The molecular formula is C8H12N2O2. The maximum atomic E-state index is 10.5. The summed E-state index contributed by atoms with van der Waals surface area (Å²) < 4.78 is 0. The predicted molar refractivity (Wildman–Crippen MR) is 46.1 cm³/mol. The van der Waals surface area contributed by atoms with E-state index in [4.69, 9.17) is 0 Å². The molecule has 0 fully saturated rings. The van der Waals surface area contributed by atoms with E-state index < -0.39 is 0 Å². The van der Waals surface area contributed by atoms with Crippen molar-refractivity contribution in [2.24, 2.45) is 0 Å². The van der Waals surface area contributed by atoms with Crippen molar-refractivity contribution >= 4 is 0 Å². The average molecular weight is 168 g/mol. The molecule has 1 rings (SSSR count). The van der Waals surface area contributed by atoms with E-state index in [-0.39, 0.29) is 16.7 Å². The van der Waals surface area contributed by atoms with Crippen LogP contribution in [0.3, 0.4) is 0 Å². The number of nitro groups is 1. The molecule has 0 aromatic rings. The van der Waals surface area contributed by atoms with Crippen molar-refractivity contribution in [2.45, 2.75) is 19.9 Å². The van der Waals surface area contributed by atoms with Crippen LogP contribution in [0.1, 0.15) is 13.8 Å². The fourth-order valence-corrected chi connectivity index (χ4v) is 1.18. The SMILES string of the molecule is CC1=CC=C([N+](=O)[O-])C(C)N1C. The number of hydrogen-bond donors (Lipinski definition) is 0. The van der Waals surface area contributed by atoms with Gasteiger partial charge in [-0.05, 0) is 19.9 Å². The van der Waals surface area contributed by atoms with E-state index in [0.29, 0.717) is 0 Å². The number of rotatable bonds is 1. The van der Waals surface area contributed by atoms with Gasteiger partial charge in [0.2, 0.25) is 0 Å². The van der Waals surface area contributed by atoms with Crippen LogP contribution in [0, 0.1) is 10.1 Å². The molecule has 0 saturated heterocycles. The topological polar surface area (TPSA) is 46.4 Å². The second-order valence-corrected chi connectivity index (χ2v) is 2.94. The third-order valence-corrected chi connectivity index (χ3v) is 2.27. The Bertz CT molecular complexity index is 268. The van der Waals surface area contributed by atoms with Crippen LogP contribution in [0.5, 0.6) is 0 Å². The Morgan fingerprint density at radius 1 is 1.58 bits per heavy atom. The highest BCUT2D eigenvalue weighted by atomic mass is 16.6. The van der Waals surface area contributed by atoms with Crippen molar-refractivity contribution in [3.05, 3.63) is 33.7 Å². The minimum atomic E-state index is -0.329. The zero-order chi connectivity index (χ0) is 9.30. The van der Waals surface area contributed by atoms with Gasteiger partial charge in [-0.25, -0.2) is 0 Å².